The highest BCUT2D eigenvalue weighted by Gasteiger charge is 2.61. The highest BCUT2D eigenvalue weighted by atomic mass is 16.1. The Hall–Kier alpha value is -0.590. The van der Waals surface area contributed by atoms with Gasteiger partial charge in [0.1, 0.15) is 6.29 Å². The molecule has 60 valence electrons. The van der Waals surface area contributed by atoms with Crippen LogP contribution in [0.2, 0.25) is 0 Å². The molecule has 0 aromatic rings. The first-order valence-electron chi connectivity index (χ1n) is 4.35. The molecule has 0 aromatic heterocycles. The summed E-state index contributed by atoms with van der Waals surface area (Å²) >= 11 is 0. The van der Waals surface area contributed by atoms with Crippen molar-refractivity contribution < 1.29 is 4.79 Å². The molecule has 1 saturated carbocycles. The molecular weight excluding hydrogens is 136 g/mol. The lowest BCUT2D eigenvalue weighted by atomic mass is 9.82. The molecule has 0 aliphatic heterocycles. The summed E-state index contributed by atoms with van der Waals surface area (Å²) in [5, 5.41) is 0. The molecule has 0 saturated heterocycles. The van der Waals surface area contributed by atoms with E-state index in [2.05, 4.69) is 26.0 Å². The summed E-state index contributed by atoms with van der Waals surface area (Å²) < 4.78 is 0. The molecule has 11 heavy (non-hydrogen) atoms. The number of carbonyl (C=O) groups is 1. The van der Waals surface area contributed by atoms with E-state index in [1.807, 2.05) is 0 Å². The maximum absolute atomic E-state index is 10.7. The molecule has 1 nitrogen and oxygen atoms in total. The van der Waals surface area contributed by atoms with Crippen LogP contribution in [0.4, 0.5) is 0 Å². The summed E-state index contributed by atoms with van der Waals surface area (Å²) in [5.74, 6) is 1.59. The number of hydrogen-bond acceptors (Lipinski definition) is 1. The van der Waals surface area contributed by atoms with Crippen LogP contribution in [0, 0.1) is 23.2 Å². The van der Waals surface area contributed by atoms with Gasteiger partial charge >= 0.3 is 0 Å². The number of rotatable bonds is 2. The molecule has 0 spiro atoms. The maximum atomic E-state index is 10.7. The second-order valence-corrected chi connectivity index (χ2v) is 4.12. The molecule has 3 unspecified atom stereocenters. The topological polar surface area (TPSA) is 17.1 Å². The highest BCUT2D eigenvalue weighted by Crippen LogP contribution is 2.66. The van der Waals surface area contributed by atoms with E-state index >= 15 is 0 Å². The summed E-state index contributed by atoms with van der Waals surface area (Å²) in [7, 11) is 0. The first kappa shape index (κ1) is 7.08. The quantitative estimate of drug-likeness (QED) is 0.435. The van der Waals surface area contributed by atoms with Gasteiger partial charge in [-0.25, -0.2) is 0 Å². The standard InChI is InChI=1S/C10H14O/c1-7(2)10-5-8(10)3-4-9(10)6-11/h3-4,6-9H,5H2,1-2H3. The van der Waals surface area contributed by atoms with Gasteiger partial charge in [-0.1, -0.05) is 26.0 Å². The van der Waals surface area contributed by atoms with Crippen molar-refractivity contribution in [2.75, 3.05) is 0 Å². The zero-order valence-electron chi connectivity index (χ0n) is 7.08. The van der Waals surface area contributed by atoms with Crippen molar-refractivity contribution in [1.29, 1.82) is 0 Å². The Balaban J connectivity index is 2.24. The van der Waals surface area contributed by atoms with Crippen LogP contribution >= 0.6 is 0 Å². The predicted octanol–water partition coefficient (Wildman–Crippen LogP) is 2.03. The summed E-state index contributed by atoms with van der Waals surface area (Å²) in [6.07, 6.45) is 6.66. The fourth-order valence-corrected chi connectivity index (χ4v) is 2.61. The van der Waals surface area contributed by atoms with Gasteiger partial charge in [0.2, 0.25) is 0 Å². The van der Waals surface area contributed by atoms with Crippen LogP contribution in [0.25, 0.3) is 0 Å². The Morgan fingerprint density at radius 2 is 2.27 bits per heavy atom. The molecule has 0 bridgehead atoms. The van der Waals surface area contributed by atoms with Crippen molar-refractivity contribution in [3.05, 3.63) is 12.2 Å². The Morgan fingerprint density at radius 1 is 1.55 bits per heavy atom. The Bertz CT molecular complexity index is 217. The van der Waals surface area contributed by atoms with Gasteiger partial charge < -0.3 is 4.79 Å². The number of allylic oxidation sites excluding steroid dienone is 2. The van der Waals surface area contributed by atoms with Gasteiger partial charge in [-0.15, -0.1) is 0 Å². The van der Waals surface area contributed by atoms with E-state index in [0.717, 1.165) is 12.2 Å². The number of hydrogen-bond donors (Lipinski definition) is 0. The highest BCUT2D eigenvalue weighted by molar-refractivity contribution is 5.62. The second-order valence-electron chi connectivity index (χ2n) is 4.12. The molecule has 2 aliphatic carbocycles. The lowest BCUT2D eigenvalue weighted by Gasteiger charge is -2.21. The van der Waals surface area contributed by atoms with Crippen molar-refractivity contribution in [3.63, 3.8) is 0 Å². The summed E-state index contributed by atoms with van der Waals surface area (Å²) in [5.41, 5.74) is 0.349. The molecule has 0 N–H and O–H groups in total. The van der Waals surface area contributed by atoms with Gasteiger partial charge in [-0.2, -0.15) is 0 Å². The summed E-state index contributed by atoms with van der Waals surface area (Å²) in [6.45, 7) is 4.45. The van der Waals surface area contributed by atoms with Gasteiger partial charge in [-0.3, -0.25) is 0 Å². The number of aldehydes is 1. The molecule has 0 aromatic carbocycles. The third-order valence-electron chi connectivity index (χ3n) is 3.50. The third-order valence-corrected chi connectivity index (χ3v) is 3.50. The van der Waals surface area contributed by atoms with Crippen LogP contribution in [0.3, 0.4) is 0 Å². The molecule has 2 rings (SSSR count). The molecular formula is C10H14O. The van der Waals surface area contributed by atoms with E-state index < -0.39 is 0 Å². The molecule has 1 heteroatoms. The van der Waals surface area contributed by atoms with Crippen LogP contribution in [0.15, 0.2) is 12.2 Å². The van der Waals surface area contributed by atoms with Crippen molar-refractivity contribution in [1.82, 2.24) is 0 Å². The monoisotopic (exact) mass is 150 g/mol. The normalized spacial score (nSPS) is 46.1. The Morgan fingerprint density at radius 3 is 2.64 bits per heavy atom. The average Bonchev–Trinajstić information content (AvgIpc) is 2.60. The summed E-state index contributed by atoms with van der Waals surface area (Å²) in [6, 6.07) is 0. The Kier molecular flexibility index (Phi) is 1.26. The lowest BCUT2D eigenvalue weighted by Crippen LogP contribution is -2.20. The van der Waals surface area contributed by atoms with E-state index in [-0.39, 0.29) is 5.92 Å². The molecule has 0 radical (unpaired) electrons. The maximum Gasteiger partial charge on any atom is 0.127 e. The smallest absolute Gasteiger partial charge is 0.127 e. The molecule has 0 heterocycles. The zero-order valence-corrected chi connectivity index (χ0v) is 7.08. The average molecular weight is 150 g/mol. The van der Waals surface area contributed by atoms with Gasteiger partial charge in [0.05, 0.1) is 0 Å². The van der Waals surface area contributed by atoms with Crippen LogP contribution in [-0.4, -0.2) is 6.29 Å². The summed E-state index contributed by atoms with van der Waals surface area (Å²) in [4.78, 5) is 10.7. The number of fused-ring (bicyclic) bond motifs is 1. The molecule has 0 amide bonds. The predicted molar refractivity (Wildman–Crippen MR) is 44.1 cm³/mol. The van der Waals surface area contributed by atoms with E-state index in [0.29, 0.717) is 11.3 Å². The minimum Gasteiger partial charge on any atom is -0.303 e. The van der Waals surface area contributed by atoms with Crippen LogP contribution in [0.1, 0.15) is 20.3 Å². The minimum absolute atomic E-state index is 0.215. The Labute approximate surface area is 67.5 Å². The van der Waals surface area contributed by atoms with E-state index in [9.17, 15) is 4.79 Å². The van der Waals surface area contributed by atoms with Crippen molar-refractivity contribution >= 4 is 6.29 Å². The van der Waals surface area contributed by atoms with Gasteiger partial charge in [0.25, 0.3) is 0 Å². The SMILES string of the molecule is CC(C)C12CC1C=CC2C=O. The third kappa shape index (κ3) is 0.688. The first-order chi connectivity index (χ1) is 5.21. The van der Waals surface area contributed by atoms with Crippen LogP contribution < -0.4 is 0 Å². The number of carbonyl (C=O) groups excluding carboxylic acids is 1. The van der Waals surface area contributed by atoms with E-state index in [4.69, 9.17) is 0 Å². The van der Waals surface area contributed by atoms with Gasteiger partial charge in [0, 0.05) is 5.92 Å². The minimum atomic E-state index is 0.215. The molecule has 2 aliphatic rings. The van der Waals surface area contributed by atoms with Crippen molar-refractivity contribution in [2.45, 2.75) is 20.3 Å². The second kappa shape index (κ2) is 1.96. The van der Waals surface area contributed by atoms with Gasteiger partial charge in [0.15, 0.2) is 0 Å². The van der Waals surface area contributed by atoms with Gasteiger partial charge in [-0.05, 0) is 23.7 Å². The van der Waals surface area contributed by atoms with Crippen LogP contribution in [-0.2, 0) is 4.79 Å². The fourth-order valence-electron chi connectivity index (χ4n) is 2.61. The van der Waals surface area contributed by atoms with Crippen molar-refractivity contribution in [3.8, 4) is 0 Å². The molecule has 1 fully saturated rings. The largest absolute Gasteiger partial charge is 0.303 e. The van der Waals surface area contributed by atoms with E-state index in [1.165, 1.54) is 6.42 Å². The molecule has 3 atom stereocenters. The fraction of sp³-hybridized carbons (Fsp3) is 0.700. The zero-order chi connectivity index (χ0) is 8.06. The van der Waals surface area contributed by atoms with Crippen molar-refractivity contribution in [2.24, 2.45) is 23.2 Å². The lowest BCUT2D eigenvalue weighted by molar-refractivity contribution is -0.111. The van der Waals surface area contributed by atoms with Crippen LogP contribution in [0.5, 0.6) is 0 Å². The first-order valence-corrected chi connectivity index (χ1v) is 4.35. The van der Waals surface area contributed by atoms with E-state index in [1.54, 1.807) is 0 Å².